The quantitative estimate of drug-likeness (QED) is 0.615. The monoisotopic (exact) mass is 435 g/mol. The molecule has 0 saturated carbocycles. The number of rotatable bonds is 5. The molecule has 0 aromatic rings. The molecule has 1 saturated heterocycles. The van der Waals surface area contributed by atoms with Crippen LogP contribution in [0.5, 0.6) is 0 Å². The summed E-state index contributed by atoms with van der Waals surface area (Å²) in [5.74, 6) is 0. The molecule has 14 heteroatoms. The van der Waals surface area contributed by atoms with Crippen molar-refractivity contribution in [2.24, 2.45) is 0 Å². The Kier molecular flexibility index (Phi) is 9.33. The second-order valence-electron chi connectivity index (χ2n) is 5.69. The smallest absolute Gasteiger partial charge is 0.421 e. The Morgan fingerprint density at radius 2 is 1.42 bits per heavy atom. The highest BCUT2D eigenvalue weighted by Crippen LogP contribution is 2.36. The summed E-state index contributed by atoms with van der Waals surface area (Å²) in [6.07, 6.45) is 8.50. The van der Waals surface area contributed by atoms with E-state index in [4.69, 9.17) is 0 Å². The van der Waals surface area contributed by atoms with E-state index in [0.717, 1.165) is 10.2 Å². The van der Waals surface area contributed by atoms with Crippen molar-refractivity contribution in [1.29, 1.82) is 0 Å². The first-order valence-electron chi connectivity index (χ1n) is 7.62. The number of hydrogen-bond donors (Lipinski definition) is 0. The van der Waals surface area contributed by atoms with E-state index in [2.05, 4.69) is 18.9 Å². The van der Waals surface area contributed by atoms with Crippen molar-refractivity contribution in [3.63, 3.8) is 0 Å². The van der Waals surface area contributed by atoms with Crippen molar-refractivity contribution in [2.45, 2.75) is 62.5 Å². The van der Waals surface area contributed by atoms with E-state index < -0.39 is 31.1 Å². The fourth-order valence-corrected chi connectivity index (χ4v) is 3.87. The van der Waals surface area contributed by atoms with E-state index >= 15 is 0 Å². The van der Waals surface area contributed by atoms with Gasteiger partial charge < -0.3 is 9.03 Å². The lowest BCUT2D eigenvalue weighted by molar-refractivity contribution is -0.0444. The first kappa shape index (κ1) is 25.4. The summed E-state index contributed by atoms with van der Waals surface area (Å²) in [4.78, 5) is 2.54. The van der Waals surface area contributed by atoms with Crippen LogP contribution in [0.2, 0.25) is 0 Å². The number of alkyl halides is 6. The number of unbranched alkanes of at least 4 members (excludes halogenated alkanes) is 1. The molecule has 0 aromatic heterocycles. The Balaban J connectivity index is 0.000000502. The average molecular weight is 435 g/mol. The van der Waals surface area contributed by atoms with Gasteiger partial charge in [-0.2, -0.15) is 26.3 Å². The molecule has 1 aliphatic heterocycles. The number of nitrogens with zero attached hydrogens (tertiary/aromatic N) is 2. The van der Waals surface area contributed by atoms with Crippen LogP contribution in [0.15, 0.2) is 0 Å². The fourth-order valence-electron chi connectivity index (χ4n) is 2.16. The van der Waals surface area contributed by atoms with Gasteiger partial charge >= 0.3 is 11.0 Å². The van der Waals surface area contributed by atoms with Crippen molar-refractivity contribution in [1.82, 2.24) is 4.90 Å². The Bertz CT molecular complexity index is 589. The molecule has 0 N–H and O–H groups in total. The highest BCUT2D eigenvalue weighted by atomic mass is 32.3. The highest BCUT2D eigenvalue weighted by Gasteiger charge is 2.46. The van der Waals surface area contributed by atoms with Crippen LogP contribution < -0.4 is 0 Å². The molecular weight excluding hydrogens is 414 g/mol. The molecule has 1 atom stereocenters. The van der Waals surface area contributed by atoms with Gasteiger partial charge in [-0.15, -0.1) is 0 Å². The summed E-state index contributed by atoms with van der Waals surface area (Å²) >= 11 is 0. The van der Waals surface area contributed by atoms with Crippen LogP contribution in [-0.4, -0.2) is 52.4 Å². The summed E-state index contributed by atoms with van der Waals surface area (Å²) in [7, 11) is -11.2. The molecule has 6 nitrogen and oxygen atoms in total. The van der Waals surface area contributed by atoms with Gasteiger partial charge in [-0.1, -0.05) is 26.2 Å². The van der Waals surface area contributed by atoms with Crippen molar-refractivity contribution in [3.05, 3.63) is 4.13 Å². The maximum Gasteiger partial charge on any atom is 0.480 e. The van der Waals surface area contributed by atoms with Gasteiger partial charge in [0.2, 0.25) is 0 Å². The zero-order valence-electron chi connectivity index (χ0n) is 14.1. The second kappa shape index (κ2) is 9.55. The lowest BCUT2D eigenvalue weighted by Gasteiger charge is -2.32. The predicted octanol–water partition coefficient (Wildman–Crippen LogP) is 3.72. The number of sulfonamides is 2. The first-order valence-corrected chi connectivity index (χ1v) is 10.5. The van der Waals surface area contributed by atoms with Gasteiger partial charge in [-0.25, -0.2) is 16.8 Å². The summed E-state index contributed by atoms with van der Waals surface area (Å²) in [5.41, 5.74) is -12.4. The molecule has 26 heavy (non-hydrogen) atoms. The van der Waals surface area contributed by atoms with Crippen LogP contribution in [0, 0.1) is 0 Å². The van der Waals surface area contributed by atoms with Crippen molar-refractivity contribution in [3.8, 4) is 0 Å². The zero-order valence-corrected chi connectivity index (χ0v) is 15.8. The SMILES string of the molecule is CCCCC1CCCCN1C.O=S(=O)([N-]S(=O)(=O)C(F)(F)F)C(F)(F)F. The van der Waals surface area contributed by atoms with Gasteiger partial charge in [0.15, 0.2) is 20.0 Å². The van der Waals surface area contributed by atoms with Gasteiger partial charge in [0.05, 0.1) is 0 Å². The standard InChI is InChI=1S/C10H21N.C2F6NO4S2/c1-3-4-7-10-8-5-6-9-11(10)2;3-1(4,5)14(10,11)9-15(12,13)2(6,7)8/h10H,3-9H2,1-2H3;/q;-1. The van der Waals surface area contributed by atoms with Crippen LogP contribution in [0.1, 0.15) is 45.4 Å². The predicted molar refractivity (Wildman–Crippen MR) is 83.1 cm³/mol. The minimum absolute atomic E-state index is 0.778. The second-order valence-corrected chi connectivity index (χ2v) is 9.11. The number of piperidine rings is 1. The van der Waals surface area contributed by atoms with E-state index in [1.54, 1.807) is 0 Å². The van der Waals surface area contributed by atoms with Gasteiger partial charge in [0, 0.05) is 6.04 Å². The average Bonchev–Trinajstić information content (AvgIpc) is 2.43. The van der Waals surface area contributed by atoms with Crippen LogP contribution in [-0.2, 0) is 20.0 Å². The minimum Gasteiger partial charge on any atom is -0.421 e. The molecule has 0 spiro atoms. The molecule has 1 heterocycles. The molecule has 0 aromatic carbocycles. The van der Waals surface area contributed by atoms with E-state index in [-0.39, 0.29) is 0 Å². The number of likely N-dealkylation sites (tertiary alicyclic amines) is 1. The maximum absolute atomic E-state index is 11.4. The largest absolute Gasteiger partial charge is 0.480 e. The third-order valence-electron chi connectivity index (χ3n) is 3.59. The van der Waals surface area contributed by atoms with Crippen LogP contribution >= 0.6 is 0 Å². The number of hydrogen-bond acceptors (Lipinski definition) is 5. The molecule has 1 rings (SSSR count). The van der Waals surface area contributed by atoms with E-state index in [1.165, 1.54) is 45.1 Å². The van der Waals surface area contributed by atoms with Gasteiger partial charge in [0.25, 0.3) is 0 Å². The van der Waals surface area contributed by atoms with E-state index in [9.17, 15) is 43.2 Å². The Morgan fingerprint density at radius 3 is 1.77 bits per heavy atom. The summed E-state index contributed by atoms with van der Waals surface area (Å²) in [6.45, 7) is 3.61. The van der Waals surface area contributed by atoms with Crippen molar-refractivity contribution >= 4 is 20.0 Å². The molecule has 0 aliphatic carbocycles. The fraction of sp³-hybridized carbons (Fsp3) is 1.00. The third kappa shape index (κ3) is 7.96. The third-order valence-corrected chi connectivity index (χ3v) is 6.33. The summed E-state index contributed by atoms with van der Waals surface area (Å²) in [5, 5.41) is 0. The van der Waals surface area contributed by atoms with Gasteiger partial charge in [0.1, 0.15) is 0 Å². The summed E-state index contributed by atoms with van der Waals surface area (Å²) in [6, 6.07) is 0.906. The zero-order chi connectivity index (χ0) is 20.8. The maximum atomic E-state index is 11.4. The van der Waals surface area contributed by atoms with E-state index in [1.807, 2.05) is 0 Å². The van der Waals surface area contributed by atoms with Gasteiger partial charge in [-0.3, -0.25) is 0 Å². The first-order chi connectivity index (χ1) is 11.5. The van der Waals surface area contributed by atoms with Crippen LogP contribution in [0.4, 0.5) is 26.3 Å². The summed E-state index contributed by atoms with van der Waals surface area (Å²) < 4.78 is 109. The van der Waals surface area contributed by atoms with Gasteiger partial charge in [-0.05, 0) is 32.9 Å². The molecule has 0 radical (unpaired) electrons. The molecule has 1 fully saturated rings. The molecule has 0 amide bonds. The van der Waals surface area contributed by atoms with Crippen LogP contribution in [0.3, 0.4) is 0 Å². The molecular formula is C12H21F6N2O4S2-. The number of halogens is 6. The normalized spacial score (nSPS) is 20.4. The molecule has 0 bridgehead atoms. The lowest BCUT2D eigenvalue weighted by atomic mass is 9.98. The Labute approximate surface area is 149 Å². The minimum atomic E-state index is -6.72. The van der Waals surface area contributed by atoms with E-state index in [0.29, 0.717) is 0 Å². The van der Waals surface area contributed by atoms with Crippen molar-refractivity contribution < 1.29 is 43.2 Å². The highest BCUT2D eigenvalue weighted by molar-refractivity contribution is 8.13. The lowest BCUT2D eigenvalue weighted by Crippen LogP contribution is -2.35. The van der Waals surface area contributed by atoms with Crippen molar-refractivity contribution in [2.75, 3.05) is 13.6 Å². The topological polar surface area (TPSA) is 85.6 Å². The van der Waals surface area contributed by atoms with Crippen LogP contribution in [0.25, 0.3) is 4.13 Å². The Hall–Kier alpha value is -0.600. The molecule has 158 valence electrons. The molecule has 1 aliphatic rings. The molecule has 1 unspecified atom stereocenters. The Morgan fingerprint density at radius 1 is 0.962 bits per heavy atom.